The van der Waals surface area contributed by atoms with Crippen LogP contribution < -0.4 is 0 Å². The van der Waals surface area contributed by atoms with E-state index in [0.29, 0.717) is 6.42 Å². The fraction of sp³-hybridized carbons (Fsp3) is 0.133. The van der Waals surface area contributed by atoms with Gasteiger partial charge < -0.3 is 0 Å². The van der Waals surface area contributed by atoms with Gasteiger partial charge >= 0.3 is 0 Å². The lowest BCUT2D eigenvalue weighted by molar-refractivity contribution is 1.12. The molecule has 0 aliphatic carbocycles. The van der Waals surface area contributed by atoms with E-state index >= 15 is 0 Å². The molecule has 0 heterocycles. The highest BCUT2D eigenvalue weighted by atomic mass is 35.5. The summed E-state index contributed by atoms with van der Waals surface area (Å²) < 4.78 is 0. The van der Waals surface area contributed by atoms with E-state index in [4.69, 9.17) is 16.9 Å². The summed E-state index contributed by atoms with van der Waals surface area (Å²) in [5, 5.41) is 8.53. The van der Waals surface area contributed by atoms with E-state index < -0.39 is 0 Å². The predicted octanol–water partition coefficient (Wildman–Crippen LogP) is 4.08. The second-order valence-corrected chi connectivity index (χ2v) is 4.29. The van der Waals surface area contributed by atoms with Gasteiger partial charge in [-0.05, 0) is 16.7 Å². The van der Waals surface area contributed by atoms with Crippen molar-refractivity contribution in [2.24, 2.45) is 0 Å². The van der Waals surface area contributed by atoms with Crippen LogP contribution in [0.25, 0.3) is 0 Å². The minimum Gasteiger partial charge on any atom is -0.198 e. The maximum Gasteiger partial charge on any atom is 0.0835 e. The molecule has 17 heavy (non-hydrogen) atoms. The third-order valence-corrected chi connectivity index (χ3v) is 3.12. The number of nitriles is 1. The van der Waals surface area contributed by atoms with Gasteiger partial charge in [-0.15, -0.1) is 11.6 Å². The highest BCUT2D eigenvalue weighted by Gasteiger charge is 2.10. The van der Waals surface area contributed by atoms with Crippen LogP contribution in [0.15, 0.2) is 54.6 Å². The van der Waals surface area contributed by atoms with Crippen molar-refractivity contribution in [2.75, 3.05) is 0 Å². The van der Waals surface area contributed by atoms with Gasteiger partial charge in [0, 0.05) is 0 Å². The zero-order valence-corrected chi connectivity index (χ0v) is 10.1. The van der Waals surface area contributed by atoms with Crippen LogP contribution in [0.3, 0.4) is 0 Å². The molecule has 0 fully saturated rings. The number of hydrogen-bond acceptors (Lipinski definition) is 1. The van der Waals surface area contributed by atoms with Gasteiger partial charge in [0.1, 0.15) is 0 Å². The number of halogens is 1. The molecule has 0 saturated heterocycles. The molecule has 0 saturated carbocycles. The standard InChI is InChI=1S/C15H12ClN/c16-15(13-6-2-1-3-7-13)14-8-4-5-12(11-14)9-10-17/h1-8,11,15H,9H2. The number of rotatable bonds is 3. The quantitative estimate of drug-likeness (QED) is 0.743. The summed E-state index contributed by atoms with van der Waals surface area (Å²) in [5.41, 5.74) is 3.11. The Balaban J connectivity index is 2.28. The van der Waals surface area contributed by atoms with Gasteiger partial charge in [0.25, 0.3) is 0 Å². The zero-order valence-electron chi connectivity index (χ0n) is 9.31. The summed E-state index contributed by atoms with van der Waals surface area (Å²) in [6.45, 7) is 0. The fourth-order valence-corrected chi connectivity index (χ4v) is 2.05. The first-order chi connectivity index (χ1) is 8.31. The van der Waals surface area contributed by atoms with Crippen LogP contribution in [0, 0.1) is 11.3 Å². The Kier molecular flexibility index (Phi) is 3.80. The van der Waals surface area contributed by atoms with Crippen molar-refractivity contribution in [3.05, 3.63) is 71.3 Å². The smallest absolute Gasteiger partial charge is 0.0835 e. The number of benzene rings is 2. The summed E-state index contributed by atoms with van der Waals surface area (Å²) in [6.07, 6.45) is 0.423. The molecule has 2 aromatic carbocycles. The van der Waals surface area contributed by atoms with E-state index in [0.717, 1.165) is 16.7 Å². The minimum absolute atomic E-state index is 0.158. The van der Waals surface area contributed by atoms with Crippen LogP contribution >= 0.6 is 11.6 Å². The van der Waals surface area contributed by atoms with Crippen LogP contribution in [0.2, 0.25) is 0 Å². The fourth-order valence-electron chi connectivity index (χ4n) is 1.77. The first-order valence-electron chi connectivity index (χ1n) is 5.46. The molecule has 2 heteroatoms. The lowest BCUT2D eigenvalue weighted by Gasteiger charge is -2.11. The van der Waals surface area contributed by atoms with Gasteiger partial charge in [-0.2, -0.15) is 5.26 Å². The number of alkyl halides is 1. The van der Waals surface area contributed by atoms with Gasteiger partial charge in [-0.25, -0.2) is 0 Å². The molecule has 1 unspecified atom stereocenters. The largest absolute Gasteiger partial charge is 0.198 e. The van der Waals surface area contributed by atoms with Crippen molar-refractivity contribution in [1.29, 1.82) is 5.26 Å². The Morgan fingerprint density at radius 3 is 2.41 bits per heavy atom. The normalized spacial score (nSPS) is 11.8. The Labute approximate surface area is 106 Å². The van der Waals surface area contributed by atoms with Crippen molar-refractivity contribution < 1.29 is 0 Å². The molecule has 0 amide bonds. The first-order valence-corrected chi connectivity index (χ1v) is 5.89. The lowest BCUT2D eigenvalue weighted by Crippen LogP contribution is -1.94. The second kappa shape index (κ2) is 5.52. The van der Waals surface area contributed by atoms with Gasteiger partial charge in [0.2, 0.25) is 0 Å². The highest BCUT2D eigenvalue weighted by Crippen LogP contribution is 2.28. The molecule has 1 atom stereocenters. The molecule has 0 N–H and O–H groups in total. The summed E-state index contributed by atoms with van der Waals surface area (Å²) in [4.78, 5) is 0. The second-order valence-electron chi connectivity index (χ2n) is 3.85. The summed E-state index contributed by atoms with van der Waals surface area (Å²) >= 11 is 6.42. The van der Waals surface area contributed by atoms with Crippen molar-refractivity contribution >= 4 is 11.6 Å². The lowest BCUT2D eigenvalue weighted by atomic mass is 10.0. The molecule has 84 valence electrons. The van der Waals surface area contributed by atoms with E-state index in [9.17, 15) is 0 Å². The van der Waals surface area contributed by atoms with Gasteiger partial charge in [0.15, 0.2) is 0 Å². The molecular formula is C15H12ClN. The Hall–Kier alpha value is -1.78. The first kappa shape index (κ1) is 11.7. The van der Waals surface area contributed by atoms with Crippen LogP contribution in [-0.2, 0) is 6.42 Å². The zero-order chi connectivity index (χ0) is 12.1. The molecule has 0 aliphatic heterocycles. The third-order valence-electron chi connectivity index (χ3n) is 2.62. The molecule has 0 radical (unpaired) electrons. The summed E-state index contributed by atoms with van der Waals surface area (Å²) in [7, 11) is 0. The molecular weight excluding hydrogens is 230 g/mol. The molecule has 0 aromatic heterocycles. The van der Waals surface area contributed by atoms with Gasteiger partial charge in [0.05, 0.1) is 17.9 Å². The highest BCUT2D eigenvalue weighted by molar-refractivity contribution is 6.22. The van der Waals surface area contributed by atoms with E-state index in [1.165, 1.54) is 0 Å². The molecule has 1 nitrogen and oxygen atoms in total. The van der Waals surface area contributed by atoms with Gasteiger partial charge in [-0.3, -0.25) is 0 Å². The Morgan fingerprint density at radius 1 is 1.00 bits per heavy atom. The average molecular weight is 242 g/mol. The van der Waals surface area contributed by atoms with Crippen molar-refractivity contribution in [3.63, 3.8) is 0 Å². The molecule has 0 bridgehead atoms. The van der Waals surface area contributed by atoms with Crippen molar-refractivity contribution in [1.82, 2.24) is 0 Å². The Morgan fingerprint density at radius 2 is 1.71 bits per heavy atom. The van der Waals surface area contributed by atoms with E-state index in [2.05, 4.69) is 6.07 Å². The predicted molar refractivity (Wildman–Crippen MR) is 69.9 cm³/mol. The SMILES string of the molecule is N#CCc1cccc(C(Cl)c2ccccc2)c1. The van der Waals surface area contributed by atoms with Crippen LogP contribution in [0.4, 0.5) is 0 Å². The Bertz CT molecular complexity index is 528. The topological polar surface area (TPSA) is 23.8 Å². The van der Waals surface area contributed by atoms with Gasteiger partial charge in [-0.1, -0.05) is 54.6 Å². The van der Waals surface area contributed by atoms with E-state index in [1.807, 2.05) is 54.6 Å². The minimum atomic E-state index is -0.158. The third kappa shape index (κ3) is 2.87. The van der Waals surface area contributed by atoms with Crippen LogP contribution in [0.1, 0.15) is 22.1 Å². The van der Waals surface area contributed by atoms with Crippen molar-refractivity contribution in [2.45, 2.75) is 11.8 Å². The van der Waals surface area contributed by atoms with Crippen LogP contribution in [0.5, 0.6) is 0 Å². The van der Waals surface area contributed by atoms with E-state index in [-0.39, 0.29) is 5.38 Å². The summed E-state index contributed by atoms with van der Waals surface area (Å²) in [6, 6.07) is 20.0. The summed E-state index contributed by atoms with van der Waals surface area (Å²) in [5.74, 6) is 0. The monoisotopic (exact) mass is 241 g/mol. The number of hydrogen-bond donors (Lipinski definition) is 0. The molecule has 0 spiro atoms. The van der Waals surface area contributed by atoms with Crippen molar-refractivity contribution in [3.8, 4) is 6.07 Å². The van der Waals surface area contributed by atoms with E-state index in [1.54, 1.807) is 0 Å². The van der Waals surface area contributed by atoms with Crippen LogP contribution in [-0.4, -0.2) is 0 Å². The molecule has 0 aliphatic rings. The maximum atomic E-state index is 8.68. The molecule has 2 aromatic rings. The average Bonchev–Trinajstić information content (AvgIpc) is 2.40. The number of nitrogens with zero attached hydrogens (tertiary/aromatic N) is 1. The molecule has 2 rings (SSSR count). The maximum absolute atomic E-state index is 8.68.